The van der Waals surface area contributed by atoms with Gasteiger partial charge in [0.25, 0.3) is 0 Å². The molecule has 0 N–H and O–H groups in total. The number of nitrogens with zero attached hydrogens (tertiary/aromatic N) is 2. The molecule has 9 heteroatoms. The number of benzene rings is 2. The van der Waals surface area contributed by atoms with Gasteiger partial charge >= 0.3 is 0 Å². The highest BCUT2D eigenvalue weighted by Gasteiger charge is 2.37. The molecule has 0 saturated heterocycles. The molecule has 2 aromatic carbocycles. The van der Waals surface area contributed by atoms with Crippen molar-refractivity contribution >= 4 is 80.3 Å². The van der Waals surface area contributed by atoms with Crippen LogP contribution in [0.1, 0.15) is 102 Å². The molecule has 2 aliphatic rings. The molecule has 0 radical (unpaired) electrons. The number of unbranched alkanes of at least 4 members (excludes halogenated alkanes) is 1. The Morgan fingerprint density at radius 1 is 0.625 bits per heavy atom. The first-order valence-electron chi connectivity index (χ1n) is 20.2. The lowest BCUT2D eigenvalue weighted by molar-refractivity contribution is 0.392. The van der Waals surface area contributed by atoms with Gasteiger partial charge in [-0.2, -0.15) is 12.6 Å². The number of thioether (sulfide) groups is 2. The molecule has 0 fully saturated rings. The van der Waals surface area contributed by atoms with Crippen LogP contribution in [0, 0.1) is 35.3 Å². The van der Waals surface area contributed by atoms with Crippen molar-refractivity contribution in [3.05, 3.63) is 104 Å². The van der Waals surface area contributed by atoms with Crippen LogP contribution in [-0.4, -0.2) is 26.8 Å². The van der Waals surface area contributed by atoms with Gasteiger partial charge in [-0.3, -0.25) is 0 Å². The molecule has 3 atom stereocenters. The molecule has 3 unspecified atom stereocenters. The second-order valence-electron chi connectivity index (χ2n) is 16.1. The lowest BCUT2D eigenvalue weighted by Gasteiger charge is -2.15. The predicted molar refractivity (Wildman–Crippen MR) is 251 cm³/mol. The highest BCUT2D eigenvalue weighted by Crippen LogP contribution is 2.50. The van der Waals surface area contributed by atoms with Gasteiger partial charge in [0.15, 0.2) is 0 Å². The summed E-state index contributed by atoms with van der Waals surface area (Å²) in [7, 11) is 0. The predicted octanol–water partition coefficient (Wildman–Crippen LogP) is 15.4. The maximum Gasteiger partial charge on any atom is 0.132 e. The summed E-state index contributed by atoms with van der Waals surface area (Å²) in [5.74, 6) is 3.79. The van der Waals surface area contributed by atoms with E-state index in [1.807, 2.05) is 30.3 Å². The van der Waals surface area contributed by atoms with Crippen molar-refractivity contribution in [2.24, 2.45) is 33.7 Å². The highest BCUT2D eigenvalue weighted by atomic mass is 32.2. The Hall–Kier alpha value is -2.43. The first kappa shape index (κ1) is 43.2. The zero-order chi connectivity index (χ0) is 40.1. The summed E-state index contributed by atoms with van der Waals surface area (Å²) in [6.07, 6.45) is 5.83. The van der Waals surface area contributed by atoms with Gasteiger partial charge in [-0.15, -0.1) is 46.2 Å². The molecule has 2 aliphatic heterocycles. The van der Waals surface area contributed by atoms with Gasteiger partial charge in [0.2, 0.25) is 0 Å². The summed E-state index contributed by atoms with van der Waals surface area (Å²) in [4.78, 5) is 14.6. The van der Waals surface area contributed by atoms with Crippen molar-refractivity contribution in [2.75, 3.05) is 11.5 Å². The fourth-order valence-corrected chi connectivity index (χ4v) is 11.1. The molecule has 4 aromatic rings. The monoisotopic (exact) mass is 846 g/mol. The number of aryl methyl sites for hydroxylation is 2. The van der Waals surface area contributed by atoms with Gasteiger partial charge in [-0.05, 0) is 114 Å². The Labute approximate surface area is 356 Å². The van der Waals surface area contributed by atoms with Crippen molar-refractivity contribution in [1.29, 1.82) is 0 Å². The number of rotatable bonds is 17. The first-order chi connectivity index (χ1) is 26.8. The van der Waals surface area contributed by atoms with E-state index in [1.165, 1.54) is 0 Å². The van der Waals surface area contributed by atoms with Crippen molar-refractivity contribution in [3.63, 3.8) is 0 Å². The van der Waals surface area contributed by atoms with Crippen LogP contribution in [0.25, 0.3) is 32.3 Å². The number of hydrogen-bond donors (Lipinski definition) is 1. The van der Waals surface area contributed by atoms with E-state index >= 15 is 8.78 Å². The van der Waals surface area contributed by atoms with Gasteiger partial charge in [0.1, 0.15) is 21.7 Å². The van der Waals surface area contributed by atoms with Crippen LogP contribution in [0.4, 0.5) is 8.78 Å². The summed E-state index contributed by atoms with van der Waals surface area (Å²) in [6, 6.07) is 19.6. The average molecular weight is 847 g/mol. The zero-order valence-corrected chi connectivity index (χ0v) is 38.2. The van der Waals surface area contributed by atoms with Gasteiger partial charge < -0.3 is 0 Å². The molecular weight excluding hydrogens is 791 g/mol. The molecule has 2 nitrogen and oxygen atoms in total. The normalized spacial score (nSPS) is 15.9. The highest BCUT2D eigenvalue weighted by molar-refractivity contribution is 8.15. The van der Waals surface area contributed by atoms with E-state index in [9.17, 15) is 0 Å². The number of fused-ring (bicyclic) bond motifs is 1. The molecule has 0 spiro atoms. The van der Waals surface area contributed by atoms with Gasteiger partial charge in [0.05, 0.1) is 21.1 Å². The number of thiophene rings is 2. The van der Waals surface area contributed by atoms with E-state index in [-0.39, 0.29) is 16.9 Å². The minimum atomic E-state index is -0.198. The average Bonchev–Trinajstić information content (AvgIpc) is 3.97. The molecular formula is C47H56F2N2S5. The largest absolute Gasteiger partial charge is 0.239 e. The third-order valence-corrected chi connectivity index (χ3v) is 15.9. The molecule has 0 amide bonds. The van der Waals surface area contributed by atoms with E-state index in [1.54, 1.807) is 58.3 Å². The second kappa shape index (κ2) is 19.5. The third-order valence-electron chi connectivity index (χ3n) is 11.1. The summed E-state index contributed by atoms with van der Waals surface area (Å²) in [5.41, 5.74) is 7.27. The fraction of sp³-hybridized carbons (Fsp3) is 0.447. The maximum atomic E-state index is 15.7. The molecule has 56 heavy (non-hydrogen) atoms. The van der Waals surface area contributed by atoms with Crippen molar-refractivity contribution in [3.8, 4) is 20.9 Å². The Kier molecular flexibility index (Phi) is 15.1. The first-order valence-corrected chi connectivity index (χ1v) is 24.3. The minimum Gasteiger partial charge on any atom is -0.239 e. The van der Waals surface area contributed by atoms with Gasteiger partial charge in [-0.25, -0.2) is 18.8 Å². The van der Waals surface area contributed by atoms with Crippen molar-refractivity contribution in [2.45, 2.75) is 99.2 Å². The summed E-state index contributed by atoms with van der Waals surface area (Å²) < 4.78 is 31.3. The second-order valence-corrected chi connectivity index (χ2v) is 21.3. The maximum absolute atomic E-state index is 15.7. The number of aliphatic imine (C=N–C) groups is 2. The summed E-state index contributed by atoms with van der Waals surface area (Å²) in [5, 5.41) is 2.24. The molecule has 2 aromatic heterocycles. The van der Waals surface area contributed by atoms with Crippen LogP contribution in [0.5, 0.6) is 0 Å². The van der Waals surface area contributed by atoms with Gasteiger partial charge in [-0.1, -0.05) is 86.1 Å². The Morgan fingerprint density at radius 3 is 1.57 bits per heavy atom. The lowest BCUT2D eigenvalue weighted by atomic mass is 9.91. The molecule has 0 bridgehead atoms. The Bertz CT molecular complexity index is 2130. The smallest absolute Gasteiger partial charge is 0.132 e. The van der Waals surface area contributed by atoms with Gasteiger partial charge in [0, 0.05) is 37.8 Å². The van der Waals surface area contributed by atoms with Crippen LogP contribution in [0.2, 0.25) is 0 Å². The van der Waals surface area contributed by atoms with E-state index in [4.69, 9.17) is 9.98 Å². The van der Waals surface area contributed by atoms with E-state index in [0.717, 1.165) is 113 Å². The van der Waals surface area contributed by atoms with Crippen LogP contribution < -0.4 is 0 Å². The van der Waals surface area contributed by atoms with Crippen LogP contribution in [0.3, 0.4) is 0 Å². The SMILES string of the molecule is CCCCSC1=NC(c2ccc(-c3ccc(CCC(C)S)cc3F)s2)=C2C(SCC(C)C(C)C)=NC(c3ccc(-c4ccc(CCC(C)C(C)C)cc4F)s3)=C12. The summed E-state index contributed by atoms with van der Waals surface area (Å²) >= 11 is 11.3. The molecule has 4 heterocycles. The summed E-state index contributed by atoms with van der Waals surface area (Å²) in [6.45, 7) is 17.9. The van der Waals surface area contributed by atoms with Crippen LogP contribution in [-0.2, 0) is 12.8 Å². The molecule has 0 saturated carbocycles. The fourth-order valence-electron chi connectivity index (χ4n) is 6.51. The molecule has 0 aliphatic carbocycles. The lowest BCUT2D eigenvalue weighted by Crippen LogP contribution is -2.09. The van der Waals surface area contributed by atoms with Crippen molar-refractivity contribution < 1.29 is 8.78 Å². The van der Waals surface area contributed by atoms with Crippen LogP contribution in [0.15, 0.2) is 81.8 Å². The van der Waals surface area contributed by atoms with Crippen LogP contribution >= 0.6 is 58.8 Å². The van der Waals surface area contributed by atoms with Crippen molar-refractivity contribution in [1.82, 2.24) is 0 Å². The topological polar surface area (TPSA) is 24.7 Å². The van der Waals surface area contributed by atoms with E-state index in [0.29, 0.717) is 34.8 Å². The Morgan fingerprint density at radius 2 is 1.11 bits per heavy atom. The zero-order valence-electron chi connectivity index (χ0n) is 34.0. The molecule has 298 valence electrons. The standard InChI is InChI=1S/C47H56F2N2S5/c1-9-10-23-53-46-42-43(45(50-46)41-22-20-39(56-41)35-18-16-33(25-37(35)49)14-12-31(8)52)47(54-26-30(7)28(4)5)51-44(42)40-21-19-38(55-40)34-17-15-32(24-36(34)48)13-11-29(6)27(2)3/h15-22,24-25,27-31,52H,9-14,23,26H2,1-8H3. The Balaban J connectivity index is 1.38. The molecule has 6 rings (SSSR count). The number of thiol groups is 1. The van der Waals surface area contributed by atoms with E-state index < -0.39 is 0 Å². The van der Waals surface area contributed by atoms with E-state index in [2.05, 4.69) is 86.2 Å². The quantitative estimate of drug-likeness (QED) is 0.0846. The number of hydrogen-bond acceptors (Lipinski definition) is 7. The third kappa shape index (κ3) is 10.2. The minimum absolute atomic E-state index is 0.174. The number of halogens is 2.